The third-order valence-electron chi connectivity index (χ3n) is 2.31. The lowest BCUT2D eigenvalue weighted by molar-refractivity contribution is 0.606. The van der Waals surface area contributed by atoms with Gasteiger partial charge in [-0.3, -0.25) is 0 Å². The normalized spacial score (nSPS) is 10.3. The molecule has 0 amide bonds. The number of hydrogen-bond acceptors (Lipinski definition) is 5. The van der Waals surface area contributed by atoms with Crippen LogP contribution < -0.4 is 16.4 Å². The van der Waals surface area contributed by atoms with Gasteiger partial charge in [-0.2, -0.15) is 0 Å². The Morgan fingerprint density at radius 2 is 2.00 bits per heavy atom. The summed E-state index contributed by atoms with van der Waals surface area (Å²) in [6.07, 6.45) is 4.34. The first-order valence-electron chi connectivity index (χ1n) is 5.84. The topological polar surface area (TPSA) is 75.9 Å². The minimum absolute atomic E-state index is 0.554. The van der Waals surface area contributed by atoms with Gasteiger partial charge in [-0.05, 0) is 12.3 Å². The molecular weight excluding hydrogens is 214 g/mol. The van der Waals surface area contributed by atoms with E-state index in [0.717, 1.165) is 13.0 Å². The van der Waals surface area contributed by atoms with Crippen molar-refractivity contribution in [2.75, 3.05) is 29.5 Å². The molecule has 0 radical (unpaired) electrons. The molecule has 17 heavy (non-hydrogen) atoms. The molecule has 4 N–H and O–H groups in total. The second kappa shape index (κ2) is 6.73. The largest absolute Gasteiger partial charge is 0.393 e. The van der Waals surface area contributed by atoms with Gasteiger partial charge in [0, 0.05) is 13.1 Å². The summed E-state index contributed by atoms with van der Waals surface area (Å²) in [5.41, 5.74) is 6.51. The molecular formula is C12H21N5. The summed E-state index contributed by atoms with van der Waals surface area (Å²) in [4.78, 5) is 8.22. The fourth-order valence-electron chi connectivity index (χ4n) is 1.33. The summed E-state index contributed by atoms with van der Waals surface area (Å²) in [6.45, 7) is 9.49. The van der Waals surface area contributed by atoms with Crippen LogP contribution in [0.2, 0.25) is 0 Å². The van der Waals surface area contributed by atoms with Crippen LogP contribution in [0.25, 0.3) is 0 Å². The summed E-state index contributed by atoms with van der Waals surface area (Å²) < 4.78 is 0. The molecule has 5 nitrogen and oxygen atoms in total. The van der Waals surface area contributed by atoms with Crippen LogP contribution in [-0.4, -0.2) is 23.1 Å². The van der Waals surface area contributed by atoms with Crippen LogP contribution in [0, 0.1) is 5.92 Å². The zero-order valence-corrected chi connectivity index (χ0v) is 10.5. The SMILES string of the molecule is C=CCNc1ncnc(NCCC(C)C)c1N. The maximum Gasteiger partial charge on any atom is 0.155 e. The Morgan fingerprint density at radius 1 is 1.35 bits per heavy atom. The van der Waals surface area contributed by atoms with Gasteiger partial charge >= 0.3 is 0 Å². The Balaban J connectivity index is 2.62. The second-order valence-corrected chi connectivity index (χ2v) is 4.26. The summed E-state index contributed by atoms with van der Waals surface area (Å²) in [5.74, 6) is 1.99. The fraction of sp³-hybridized carbons (Fsp3) is 0.500. The molecule has 0 saturated carbocycles. The van der Waals surface area contributed by atoms with Crippen LogP contribution in [0.1, 0.15) is 20.3 Å². The fourth-order valence-corrected chi connectivity index (χ4v) is 1.33. The van der Waals surface area contributed by atoms with Gasteiger partial charge in [-0.25, -0.2) is 9.97 Å². The molecule has 5 heteroatoms. The monoisotopic (exact) mass is 235 g/mol. The van der Waals surface area contributed by atoms with E-state index in [0.29, 0.717) is 29.8 Å². The van der Waals surface area contributed by atoms with E-state index in [9.17, 15) is 0 Å². The van der Waals surface area contributed by atoms with Crippen LogP contribution in [0.3, 0.4) is 0 Å². The van der Waals surface area contributed by atoms with Gasteiger partial charge < -0.3 is 16.4 Å². The molecule has 0 unspecified atom stereocenters. The molecule has 0 aliphatic rings. The van der Waals surface area contributed by atoms with Gasteiger partial charge in [0.25, 0.3) is 0 Å². The maximum atomic E-state index is 5.96. The third kappa shape index (κ3) is 4.30. The van der Waals surface area contributed by atoms with Crippen molar-refractivity contribution in [3.8, 4) is 0 Å². The van der Waals surface area contributed by atoms with Crippen molar-refractivity contribution in [1.82, 2.24) is 9.97 Å². The van der Waals surface area contributed by atoms with Crippen molar-refractivity contribution in [3.63, 3.8) is 0 Å². The molecule has 94 valence electrons. The quantitative estimate of drug-likeness (QED) is 0.631. The Kier molecular flexibility index (Phi) is 5.26. The lowest BCUT2D eigenvalue weighted by Gasteiger charge is -2.12. The van der Waals surface area contributed by atoms with Crippen molar-refractivity contribution >= 4 is 17.3 Å². The van der Waals surface area contributed by atoms with Gasteiger partial charge in [0.1, 0.15) is 12.0 Å². The van der Waals surface area contributed by atoms with Crippen molar-refractivity contribution in [1.29, 1.82) is 0 Å². The van der Waals surface area contributed by atoms with Crippen LogP contribution >= 0.6 is 0 Å². The standard InChI is InChI=1S/C12H21N5/c1-4-6-14-11-10(13)12(17-8-16-11)15-7-5-9(2)3/h4,8-9H,1,5-7,13H2,2-3H3,(H2,14,15,16,17). The molecule has 1 rings (SSSR count). The highest BCUT2D eigenvalue weighted by atomic mass is 15.1. The van der Waals surface area contributed by atoms with Crippen LogP contribution in [0.15, 0.2) is 19.0 Å². The average molecular weight is 235 g/mol. The van der Waals surface area contributed by atoms with Crippen LogP contribution in [-0.2, 0) is 0 Å². The molecule has 0 fully saturated rings. The molecule has 0 saturated heterocycles. The van der Waals surface area contributed by atoms with Gasteiger partial charge in [-0.1, -0.05) is 19.9 Å². The Bertz CT molecular complexity index is 362. The molecule has 0 spiro atoms. The van der Waals surface area contributed by atoms with Gasteiger partial charge in [0.15, 0.2) is 11.6 Å². The van der Waals surface area contributed by atoms with E-state index < -0.39 is 0 Å². The lowest BCUT2D eigenvalue weighted by atomic mass is 10.1. The lowest BCUT2D eigenvalue weighted by Crippen LogP contribution is -2.11. The first-order valence-corrected chi connectivity index (χ1v) is 5.84. The van der Waals surface area contributed by atoms with Crippen LogP contribution in [0.5, 0.6) is 0 Å². The van der Waals surface area contributed by atoms with E-state index in [1.165, 1.54) is 6.33 Å². The highest BCUT2D eigenvalue weighted by molar-refractivity contribution is 5.73. The van der Waals surface area contributed by atoms with E-state index in [2.05, 4.69) is 41.0 Å². The maximum absolute atomic E-state index is 5.96. The molecule has 1 aromatic rings. The number of aromatic nitrogens is 2. The molecule has 0 bridgehead atoms. The van der Waals surface area contributed by atoms with Crippen molar-refractivity contribution in [2.24, 2.45) is 5.92 Å². The van der Waals surface area contributed by atoms with Gasteiger partial charge in [0.2, 0.25) is 0 Å². The van der Waals surface area contributed by atoms with Gasteiger partial charge in [0.05, 0.1) is 0 Å². The Hall–Kier alpha value is -1.78. The van der Waals surface area contributed by atoms with Crippen molar-refractivity contribution in [2.45, 2.75) is 20.3 Å². The number of anilines is 3. The smallest absolute Gasteiger partial charge is 0.155 e. The minimum Gasteiger partial charge on any atom is -0.393 e. The summed E-state index contributed by atoms with van der Waals surface area (Å²) in [7, 11) is 0. The molecule has 1 heterocycles. The molecule has 0 aliphatic heterocycles. The van der Waals surface area contributed by atoms with E-state index in [-0.39, 0.29) is 0 Å². The Labute approximate surface area is 103 Å². The number of nitrogens with two attached hydrogens (primary N) is 1. The molecule has 0 aromatic carbocycles. The number of rotatable bonds is 7. The average Bonchev–Trinajstić information content (AvgIpc) is 2.29. The minimum atomic E-state index is 0.554. The molecule has 0 atom stereocenters. The Morgan fingerprint density at radius 3 is 2.59 bits per heavy atom. The van der Waals surface area contributed by atoms with Gasteiger partial charge in [-0.15, -0.1) is 6.58 Å². The van der Waals surface area contributed by atoms with Crippen LogP contribution in [0.4, 0.5) is 17.3 Å². The molecule has 1 aromatic heterocycles. The predicted molar refractivity (Wildman–Crippen MR) is 73.1 cm³/mol. The number of hydrogen-bond donors (Lipinski definition) is 3. The zero-order valence-electron chi connectivity index (χ0n) is 10.5. The summed E-state index contributed by atoms with van der Waals surface area (Å²) in [5, 5.41) is 6.29. The molecule has 0 aliphatic carbocycles. The highest BCUT2D eigenvalue weighted by Crippen LogP contribution is 2.22. The van der Waals surface area contributed by atoms with Crippen molar-refractivity contribution < 1.29 is 0 Å². The van der Waals surface area contributed by atoms with E-state index in [4.69, 9.17) is 5.73 Å². The number of nitrogen functional groups attached to an aromatic ring is 1. The first kappa shape index (κ1) is 13.3. The van der Waals surface area contributed by atoms with Crippen molar-refractivity contribution in [3.05, 3.63) is 19.0 Å². The second-order valence-electron chi connectivity index (χ2n) is 4.26. The van der Waals surface area contributed by atoms with E-state index in [1.54, 1.807) is 6.08 Å². The van der Waals surface area contributed by atoms with E-state index >= 15 is 0 Å². The summed E-state index contributed by atoms with van der Waals surface area (Å²) >= 11 is 0. The third-order valence-corrected chi connectivity index (χ3v) is 2.31. The first-order chi connectivity index (χ1) is 8.15. The predicted octanol–water partition coefficient (Wildman–Crippen LogP) is 2.11. The highest BCUT2D eigenvalue weighted by Gasteiger charge is 2.06. The zero-order chi connectivity index (χ0) is 12.7. The van der Waals surface area contributed by atoms with E-state index in [1.807, 2.05) is 0 Å². The number of nitrogens with zero attached hydrogens (tertiary/aromatic N) is 2. The number of nitrogens with one attached hydrogen (secondary N) is 2. The summed E-state index contributed by atoms with van der Waals surface area (Å²) in [6, 6.07) is 0.